The van der Waals surface area contributed by atoms with Gasteiger partial charge in [0.2, 0.25) is 8.32 Å². The van der Waals surface area contributed by atoms with Crippen LogP contribution in [0, 0.1) is 0 Å². The Bertz CT molecular complexity index is 565. The topological polar surface area (TPSA) is 43.4 Å². The van der Waals surface area contributed by atoms with Crippen molar-refractivity contribution in [1.82, 2.24) is 0 Å². The Morgan fingerprint density at radius 3 is 1.90 bits per heavy atom. The molecular formula is C12H17F3O3SSi. The van der Waals surface area contributed by atoms with Gasteiger partial charge in [-0.1, -0.05) is 44.2 Å². The minimum Gasteiger partial charge on any atom is -0.308 e. The summed E-state index contributed by atoms with van der Waals surface area (Å²) in [5.74, 6) is 0. The van der Waals surface area contributed by atoms with Gasteiger partial charge in [-0.2, -0.15) is 21.6 Å². The molecule has 0 N–H and O–H groups in total. The smallest absolute Gasteiger partial charge is 0.308 e. The van der Waals surface area contributed by atoms with E-state index in [1.54, 1.807) is 44.2 Å². The van der Waals surface area contributed by atoms with Crippen molar-refractivity contribution in [3.8, 4) is 0 Å². The van der Waals surface area contributed by atoms with Crippen molar-refractivity contribution in [1.29, 1.82) is 0 Å². The second-order valence-electron chi connectivity index (χ2n) is 5.48. The lowest BCUT2D eigenvalue weighted by Gasteiger charge is -2.38. The van der Waals surface area contributed by atoms with E-state index in [-0.39, 0.29) is 0 Å². The highest BCUT2D eigenvalue weighted by molar-refractivity contribution is 7.88. The van der Waals surface area contributed by atoms with Gasteiger partial charge in [-0.05, 0) is 18.7 Å². The molecule has 0 aromatic heterocycles. The summed E-state index contributed by atoms with van der Waals surface area (Å²) in [4.78, 5) is 0. The molecule has 20 heavy (non-hydrogen) atoms. The van der Waals surface area contributed by atoms with Crippen LogP contribution in [0.25, 0.3) is 0 Å². The van der Waals surface area contributed by atoms with E-state index in [9.17, 15) is 21.6 Å². The van der Waals surface area contributed by atoms with Crippen molar-refractivity contribution in [2.45, 2.75) is 37.5 Å². The molecule has 1 rings (SSSR count). The molecule has 114 valence electrons. The van der Waals surface area contributed by atoms with Crippen LogP contribution in [-0.2, 0) is 19.0 Å². The third-order valence-electron chi connectivity index (χ3n) is 3.60. The standard InChI is InChI=1S/C12H17F3O3SSi/c1-11(2,10-8-6-5-7-9-10)20(3,4)18-19(16,17)12(13,14)15/h5-9H,1-4H3. The molecule has 0 radical (unpaired) electrons. The van der Waals surface area contributed by atoms with E-state index in [0.717, 1.165) is 5.56 Å². The Hall–Kier alpha value is -0.863. The number of hydrogen-bond donors (Lipinski definition) is 0. The predicted octanol–water partition coefficient (Wildman–Crippen LogP) is 3.57. The van der Waals surface area contributed by atoms with Crippen molar-refractivity contribution in [3.05, 3.63) is 35.9 Å². The molecule has 0 saturated heterocycles. The summed E-state index contributed by atoms with van der Waals surface area (Å²) in [5, 5.41) is -0.799. The van der Waals surface area contributed by atoms with E-state index in [1.165, 1.54) is 13.1 Å². The summed E-state index contributed by atoms with van der Waals surface area (Å²) < 4.78 is 64.5. The Kier molecular flexibility index (Phi) is 4.43. The second-order valence-corrected chi connectivity index (χ2v) is 11.8. The van der Waals surface area contributed by atoms with Crippen LogP contribution in [-0.4, -0.2) is 22.2 Å². The zero-order valence-electron chi connectivity index (χ0n) is 11.7. The highest BCUT2D eigenvalue weighted by Crippen LogP contribution is 2.38. The zero-order valence-corrected chi connectivity index (χ0v) is 13.5. The quantitative estimate of drug-likeness (QED) is 0.627. The third kappa shape index (κ3) is 3.24. The lowest BCUT2D eigenvalue weighted by atomic mass is 10.0. The van der Waals surface area contributed by atoms with Crippen molar-refractivity contribution >= 4 is 18.4 Å². The molecule has 0 spiro atoms. The number of alkyl halides is 3. The molecule has 0 bridgehead atoms. The van der Waals surface area contributed by atoms with Gasteiger partial charge in [-0.25, -0.2) is 0 Å². The van der Waals surface area contributed by atoms with Gasteiger partial charge >= 0.3 is 15.6 Å². The maximum absolute atomic E-state index is 12.5. The van der Waals surface area contributed by atoms with E-state index in [1.807, 2.05) is 0 Å². The van der Waals surface area contributed by atoms with Crippen LogP contribution < -0.4 is 0 Å². The lowest BCUT2D eigenvalue weighted by Crippen LogP contribution is -2.53. The van der Waals surface area contributed by atoms with E-state index in [2.05, 4.69) is 3.87 Å². The molecule has 0 saturated carbocycles. The van der Waals surface area contributed by atoms with E-state index in [4.69, 9.17) is 0 Å². The second kappa shape index (κ2) is 5.16. The average molecular weight is 326 g/mol. The highest BCUT2D eigenvalue weighted by Gasteiger charge is 2.54. The summed E-state index contributed by atoms with van der Waals surface area (Å²) in [5.41, 5.74) is -4.65. The predicted molar refractivity (Wildman–Crippen MR) is 73.0 cm³/mol. The first-order valence-electron chi connectivity index (χ1n) is 5.89. The first-order valence-corrected chi connectivity index (χ1v) is 10.2. The van der Waals surface area contributed by atoms with Crippen LogP contribution in [0.4, 0.5) is 13.2 Å². The van der Waals surface area contributed by atoms with Gasteiger partial charge < -0.3 is 3.87 Å². The van der Waals surface area contributed by atoms with Crippen molar-refractivity contribution in [2.24, 2.45) is 0 Å². The molecule has 0 aliphatic heterocycles. The van der Waals surface area contributed by atoms with E-state index < -0.39 is 29.0 Å². The maximum atomic E-state index is 12.5. The lowest BCUT2D eigenvalue weighted by molar-refractivity contribution is -0.0505. The van der Waals surface area contributed by atoms with Gasteiger partial charge in [-0.3, -0.25) is 0 Å². The van der Waals surface area contributed by atoms with Crippen LogP contribution in [0.15, 0.2) is 30.3 Å². The van der Waals surface area contributed by atoms with Crippen molar-refractivity contribution in [2.75, 3.05) is 0 Å². The molecule has 0 atom stereocenters. The minimum absolute atomic E-state index is 0.744. The van der Waals surface area contributed by atoms with Crippen LogP contribution in [0.5, 0.6) is 0 Å². The van der Waals surface area contributed by atoms with Crippen molar-refractivity contribution < 1.29 is 25.5 Å². The first-order chi connectivity index (χ1) is 8.81. The van der Waals surface area contributed by atoms with Gasteiger partial charge in [0, 0.05) is 5.04 Å². The van der Waals surface area contributed by atoms with Gasteiger partial charge in [0.15, 0.2) is 0 Å². The number of benzene rings is 1. The molecule has 0 heterocycles. The first kappa shape index (κ1) is 17.2. The SMILES string of the molecule is CC(C)(c1ccccc1)[Si](C)(C)OS(=O)(=O)C(F)(F)F. The van der Waals surface area contributed by atoms with Crippen LogP contribution in [0.1, 0.15) is 19.4 Å². The van der Waals surface area contributed by atoms with Gasteiger partial charge in [0.25, 0.3) is 0 Å². The number of halogens is 3. The molecule has 1 aromatic carbocycles. The molecule has 8 heteroatoms. The molecule has 0 unspecified atom stereocenters. The number of rotatable bonds is 4. The van der Waals surface area contributed by atoms with E-state index in [0.29, 0.717) is 0 Å². The van der Waals surface area contributed by atoms with Crippen LogP contribution in [0.2, 0.25) is 13.1 Å². The summed E-state index contributed by atoms with van der Waals surface area (Å²) in [6.45, 7) is 6.31. The molecule has 0 fully saturated rings. The molecule has 1 aromatic rings. The molecule has 3 nitrogen and oxygen atoms in total. The summed E-state index contributed by atoms with van der Waals surface area (Å²) >= 11 is 0. The fourth-order valence-electron chi connectivity index (χ4n) is 1.63. The summed E-state index contributed by atoms with van der Waals surface area (Å²) in [6.07, 6.45) is 0. The monoisotopic (exact) mass is 326 g/mol. The largest absolute Gasteiger partial charge is 0.522 e. The van der Waals surface area contributed by atoms with Crippen LogP contribution in [0.3, 0.4) is 0 Å². The maximum Gasteiger partial charge on any atom is 0.522 e. The molecular weight excluding hydrogens is 309 g/mol. The van der Waals surface area contributed by atoms with E-state index >= 15 is 0 Å². The van der Waals surface area contributed by atoms with Gasteiger partial charge in [0.1, 0.15) is 0 Å². The van der Waals surface area contributed by atoms with Gasteiger partial charge in [-0.15, -0.1) is 0 Å². The molecule has 0 amide bonds. The third-order valence-corrected chi connectivity index (χ3v) is 10.0. The summed E-state index contributed by atoms with van der Waals surface area (Å²) in [7, 11) is -8.81. The summed E-state index contributed by atoms with van der Waals surface area (Å²) in [6, 6.07) is 8.78. The Balaban J connectivity index is 3.18. The highest BCUT2D eigenvalue weighted by atomic mass is 32.2. The fraction of sp³-hybridized carbons (Fsp3) is 0.500. The Labute approximate surface area is 118 Å². The average Bonchev–Trinajstić information content (AvgIpc) is 2.27. The van der Waals surface area contributed by atoms with Gasteiger partial charge in [0.05, 0.1) is 0 Å². The number of hydrogen-bond acceptors (Lipinski definition) is 3. The van der Waals surface area contributed by atoms with Crippen LogP contribution >= 0.6 is 0 Å². The zero-order chi connectivity index (χ0) is 15.8. The normalized spacial score (nSPS) is 14.3. The minimum atomic E-state index is -5.58. The Morgan fingerprint density at radius 1 is 1.05 bits per heavy atom. The molecule has 0 aliphatic rings. The molecule has 0 aliphatic carbocycles. The Morgan fingerprint density at radius 2 is 1.50 bits per heavy atom. The fourth-order valence-corrected chi connectivity index (χ4v) is 5.90. The van der Waals surface area contributed by atoms with Crippen molar-refractivity contribution in [3.63, 3.8) is 0 Å².